The van der Waals surface area contributed by atoms with Crippen molar-refractivity contribution in [3.05, 3.63) is 87.6 Å². The summed E-state index contributed by atoms with van der Waals surface area (Å²) in [5, 5.41) is 11.1. The number of aromatic carboxylic acids is 1. The molecule has 2 aliphatic heterocycles. The van der Waals surface area contributed by atoms with Crippen LogP contribution in [0.15, 0.2) is 66.0 Å². The SMILES string of the molecule is O=C(O)c1ccc(N2CCN(CC3Cc4ccccc4CN3C(=O)c3cccs3)CC2)cc1. The van der Waals surface area contributed by atoms with Crippen molar-refractivity contribution in [2.24, 2.45) is 0 Å². The van der Waals surface area contributed by atoms with E-state index in [4.69, 9.17) is 5.11 Å². The Bertz CT molecular complexity index is 1120. The lowest BCUT2D eigenvalue weighted by Crippen LogP contribution is -2.54. The molecule has 6 nitrogen and oxygen atoms in total. The van der Waals surface area contributed by atoms with Crippen LogP contribution in [-0.2, 0) is 13.0 Å². The highest BCUT2D eigenvalue weighted by Gasteiger charge is 2.32. The molecule has 1 amide bonds. The zero-order chi connectivity index (χ0) is 22.8. The van der Waals surface area contributed by atoms with Gasteiger partial charge in [-0.05, 0) is 53.3 Å². The van der Waals surface area contributed by atoms with Crippen molar-refractivity contribution in [3.63, 3.8) is 0 Å². The second-order valence-electron chi connectivity index (χ2n) is 8.68. The number of carbonyl (C=O) groups excluding carboxylic acids is 1. The predicted molar refractivity (Wildman–Crippen MR) is 130 cm³/mol. The molecule has 1 fully saturated rings. The van der Waals surface area contributed by atoms with Gasteiger partial charge in [-0.1, -0.05) is 30.3 Å². The van der Waals surface area contributed by atoms with Crippen molar-refractivity contribution < 1.29 is 14.7 Å². The average Bonchev–Trinajstić information content (AvgIpc) is 3.39. The van der Waals surface area contributed by atoms with Crippen molar-refractivity contribution in [1.82, 2.24) is 9.80 Å². The predicted octanol–water partition coefficient (Wildman–Crippen LogP) is 3.84. The summed E-state index contributed by atoms with van der Waals surface area (Å²) in [6.45, 7) is 5.12. The molecule has 1 unspecified atom stereocenters. The van der Waals surface area contributed by atoms with E-state index >= 15 is 0 Å². The van der Waals surface area contributed by atoms with Gasteiger partial charge in [-0.3, -0.25) is 9.69 Å². The number of benzene rings is 2. The van der Waals surface area contributed by atoms with Gasteiger partial charge in [0.05, 0.1) is 10.4 Å². The molecule has 33 heavy (non-hydrogen) atoms. The van der Waals surface area contributed by atoms with Gasteiger partial charge in [0.15, 0.2) is 0 Å². The first-order valence-electron chi connectivity index (χ1n) is 11.3. The summed E-state index contributed by atoms with van der Waals surface area (Å²) < 4.78 is 0. The molecule has 3 heterocycles. The number of amides is 1. The molecule has 0 saturated carbocycles. The summed E-state index contributed by atoms with van der Waals surface area (Å²) >= 11 is 1.51. The maximum atomic E-state index is 13.3. The van der Waals surface area contributed by atoms with Crippen molar-refractivity contribution in [3.8, 4) is 0 Å². The molecule has 1 saturated heterocycles. The van der Waals surface area contributed by atoms with E-state index in [0.717, 1.165) is 49.7 Å². The van der Waals surface area contributed by atoms with E-state index in [1.807, 2.05) is 29.6 Å². The Kier molecular flexibility index (Phi) is 6.15. The minimum atomic E-state index is -0.901. The summed E-state index contributed by atoms with van der Waals surface area (Å²) in [5.41, 5.74) is 3.95. The number of anilines is 1. The molecule has 2 aliphatic rings. The minimum Gasteiger partial charge on any atom is -0.478 e. The Balaban J connectivity index is 1.26. The quantitative estimate of drug-likeness (QED) is 0.626. The van der Waals surface area contributed by atoms with E-state index in [0.29, 0.717) is 12.1 Å². The Hall–Kier alpha value is -3.16. The molecule has 2 aromatic carbocycles. The van der Waals surface area contributed by atoms with E-state index in [1.54, 1.807) is 12.1 Å². The molecular weight excluding hydrogens is 434 g/mol. The fourth-order valence-electron chi connectivity index (χ4n) is 4.83. The van der Waals surface area contributed by atoms with Crippen LogP contribution >= 0.6 is 11.3 Å². The van der Waals surface area contributed by atoms with E-state index in [1.165, 1.54) is 22.5 Å². The van der Waals surface area contributed by atoms with Crippen LogP contribution in [0.3, 0.4) is 0 Å². The number of thiophene rings is 1. The standard InChI is InChI=1S/C26H27N3O3S/c30-25(24-6-3-15-33-24)29-17-21-5-2-1-4-20(21)16-23(29)18-27-11-13-28(14-12-27)22-9-7-19(8-10-22)26(31)32/h1-10,15,23H,11-14,16-18H2,(H,31,32). The molecule has 0 bridgehead atoms. The Morgan fingerprint density at radius 1 is 0.909 bits per heavy atom. The van der Waals surface area contributed by atoms with Crippen molar-refractivity contribution in [2.45, 2.75) is 19.0 Å². The van der Waals surface area contributed by atoms with Gasteiger partial charge in [-0.2, -0.15) is 0 Å². The maximum Gasteiger partial charge on any atom is 0.335 e. The number of carbonyl (C=O) groups is 2. The third kappa shape index (κ3) is 4.65. The Morgan fingerprint density at radius 2 is 1.64 bits per heavy atom. The highest BCUT2D eigenvalue weighted by molar-refractivity contribution is 7.12. The second-order valence-corrected chi connectivity index (χ2v) is 9.62. The lowest BCUT2D eigenvalue weighted by atomic mass is 9.93. The van der Waals surface area contributed by atoms with E-state index < -0.39 is 5.97 Å². The van der Waals surface area contributed by atoms with E-state index in [9.17, 15) is 9.59 Å². The summed E-state index contributed by atoms with van der Waals surface area (Å²) in [6.07, 6.45) is 0.879. The van der Waals surface area contributed by atoms with Gasteiger partial charge < -0.3 is 14.9 Å². The average molecular weight is 462 g/mol. The van der Waals surface area contributed by atoms with Gasteiger partial charge in [0.2, 0.25) is 0 Å². The number of hydrogen-bond donors (Lipinski definition) is 1. The summed E-state index contributed by atoms with van der Waals surface area (Å²) in [4.78, 5) is 32.0. The number of nitrogens with zero attached hydrogens (tertiary/aromatic N) is 3. The van der Waals surface area contributed by atoms with Crippen LogP contribution in [0.2, 0.25) is 0 Å². The topological polar surface area (TPSA) is 64.1 Å². The number of fused-ring (bicyclic) bond motifs is 1. The third-order valence-corrected chi connectivity index (χ3v) is 7.53. The van der Waals surface area contributed by atoms with Crippen LogP contribution in [0, 0.1) is 0 Å². The van der Waals surface area contributed by atoms with E-state index in [-0.39, 0.29) is 11.9 Å². The lowest BCUT2D eigenvalue weighted by Gasteiger charge is -2.42. The molecule has 0 radical (unpaired) electrons. The van der Waals surface area contributed by atoms with Gasteiger partial charge in [0.1, 0.15) is 0 Å². The molecule has 1 N–H and O–H groups in total. The molecule has 0 aliphatic carbocycles. The first-order chi connectivity index (χ1) is 16.1. The summed E-state index contributed by atoms with van der Waals surface area (Å²) in [7, 11) is 0. The number of piperazine rings is 1. The molecule has 5 rings (SSSR count). The van der Waals surface area contributed by atoms with Gasteiger partial charge in [0.25, 0.3) is 5.91 Å². The molecule has 0 spiro atoms. The van der Waals surface area contributed by atoms with Crippen molar-refractivity contribution >= 4 is 28.9 Å². The highest BCUT2D eigenvalue weighted by Crippen LogP contribution is 2.27. The molecule has 1 atom stereocenters. The first-order valence-corrected chi connectivity index (χ1v) is 12.2. The Morgan fingerprint density at radius 3 is 2.30 bits per heavy atom. The summed E-state index contributed by atoms with van der Waals surface area (Å²) in [5.74, 6) is -0.774. The smallest absolute Gasteiger partial charge is 0.335 e. The van der Waals surface area contributed by atoms with Crippen molar-refractivity contribution in [2.75, 3.05) is 37.6 Å². The fourth-order valence-corrected chi connectivity index (χ4v) is 5.51. The number of carboxylic acid groups (broad SMARTS) is 1. The van der Waals surface area contributed by atoms with Crippen LogP contribution in [0.4, 0.5) is 5.69 Å². The normalized spacial score (nSPS) is 18.7. The molecule has 1 aromatic heterocycles. The molecular formula is C26H27N3O3S. The highest BCUT2D eigenvalue weighted by atomic mass is 32.1. The van der Waals surface area contributed by atoms with Crippen LogP contribution < -0.4 is 4.90 Å². The third-order valence-electron chi connectivity index (χ3n) is 6.67. The van der Waals surface area contributed by atoms with Crippen LogP contribution in [0.1, 0.15) is 31.2 Å². The van der Waals surface area contributed by atoms with Crippen LogP contribution in [0.25, 0.3) is 0 Å². The largest absolute Gasteiger partial charge is 0.478 e. The monoisotopic (exact) mass is 461 g/mol. The summed E-state index contributed by atoms with van der Waals surface area (Å²) in [6, 6.07) is 19.6. The van der Waals surface area contributed by atoms with Crippen LogP contribution in [-0.4, -0.2) is 65.5 Å². The zero-order valence-electron chi connectivity index (χ0n) is 18.4. The second kappa shape index (κ2) is 9.37. The van der Waals surface area contributed by atoms with Crippen LogP contribution in [0.5, 0.6) is 0 Å². The first kappa shape index (κ1) is 21.7. The molecule has 7 heteroatoms. The minimum absolute atomic E-state index is 0.127. The van der Waals surface area contributed by atoms with Gasteiger partial charge in [-0.15, -0.1) is 11.3 Å². The maximum absolute atomic E-state index is 13.3. The van der Waals surface area contributed by atoms with Gasteiger partial charge in [0, 0.05) is 51.0 Å². The molecule has 3 aromatic rings. The zero-order valence-corrected chi connectivity index (χ0v) is 19.2. The van der Waals surface area contributed by atoms with Gasteiger partial charge >= 0.3 is 5.97 Å². The van der Waals surface area contributed by atoms with Gasteiger partial charge in [-0.25, -0.2) is 4.79 Å². The lowest BCUT2D eigenvalue weighted by molar-refractivity contribution is 0.0580. The Labute approximate surface area is 197 Å². The number of carboxylic acids is 1. The van der Waals surface area contributed by atoms with E-state index in [2.05, 4.69) is 39.0 Å². The fraction of sp³-hybridized carbons (Fsp3) is 0.308. The van der Waals surface area contributed by atoms with Crippen molar-refractivity contribution in [1.29, 1.82) is 0 Å². The number of rotatable bonds is 5. The number of hydrogen-bond acceptors (Lipinski definition) is 5. The molecule has 170 valence electrons.